The molecule has 0 bridgehead atoms. The van der Waals surface area contributed by atoms with Crippen molar-refractivity contribution in [3.8, 4) is 50.6 Å². The van der Waals surface area contributed by atoms with E-state index in [2.05, 4.69) is 113 Å². The van der Waals surface area contributed by atoms with E-state index in [4.69, 9.17) is 22.0 Å². The fourth-order valence-electron chi connectivity index (χ4n) is 7.25. The number of aromatic nitrogens is 3. The van der Waals surface area contributed by atoms with Crippen LogP contribution in [0.1, 0.15) is 19.4 Å². The van der Waals surface area contributed by atoms with Gasteiger partial charge in [-0.2, -0.15) is 0 Å². The molecule has 5 nitrogen and oxygen atoms in total. The third-order valence-electron chi connectivity index (χ3n) is 10.1. The molecule has 1 radical (unpaired) electrons. The predicted octanol–water partition coefficient (Wildman–Crippen LogP) is 13.6. The molecule has 58 heavy (non-hydrogen) atoms. The Labute approximate surface area is 358 Å². The maximum absolute atomic E-state index is 7.28. The average molecular weight is 932 g/mol. The molecule has 281 valence electrons. The van der Waals surface area contributed by atoms with Gasteiger partial charge in [-0.1, -0.05) is 127 Å². The Hall–Kier alpha value is -6.85. The van der Waals surface area contributed by atoms with Crippen LogP contribution in [0.15, 0.2) is 185 Å². The van der Waals surface area contributed by atoms with Crippen LogP contribution in [0.5, 0.6) is 0 Å². The smallest absolute Gasteiger partial charge is 0.135 e. The van der Waals surface area contributed by atoms with Crippen LogP contribution >= 0.6 is 0 Å². The number of nitrogens with zero attached hydrogens (tertiary/aromatic N) is 3. The van der Waals surface area contributed by atoms with E-state index < -0.39 is 13.7 Å². The zero-order valence-electron chi connectivity index (χ0n) is 36.7. The number of rotatable bonds is 5. The second-order valence-electron chi connectivity index (χ2n) is 13.7. The van der Waals surface area contributed by atoms with E-state index in [1.807, 2.05) is 48.5 Å². The van der Waals surface area contributed by atoms with Crippen molar-refractivity contribution >= 4 is 43.9 Å². The van der Waals surface area contributed by atoms with E-state index in [1.54, 1.807) is 12.1 Å². The van der Waals surface area contributed by atoms with Crippen molar-refractivity contribution in [2.45, 2.75) is 13.7 Å². The number of benzene rings is 7. The quantitative estimate of drug-likeness (QED) is 0.161. The first-order chi connectivity index (χ1) is 30.5. The van der Waals surface area contributed by atoms with Gasteiger partial charge < -0.3 is 18.4 Å². The Kier molecular flexibility index (Phi) is 8.15. The molecule has 0 fully saturated rings. The second-order valence-corrected chi connectivity index (χ2v) is 13.7. The number of aryl methyl sites for hydroxylation is 2. The average Bonchev–Trinajstić information content (AvgIpc) is 4.02. The topological polar surface area (TPSA) is 57.0 Å². The first kappa shape index (κ1) is 30.3. The van der Waals surface area contributed by atoms with Crippen LogP contribution in [0.2, 0.25) is 0 Å². The van der Waals surface area contributed by atoms with Gasteiger partial charge in [-0.3, -0.25) is 4.98 Å². The van der Waals surface area contributed by atoms with Gasteiger partial charge in [0.05, 0.1) is 16.9 Å². The van der Waals surface area contributed by atoms with Crippen molar-refractivity contribution in [2.24, 2.45) is 0 Å². The van der Waals surface area contributed by atoms with E-state index in [9.17, 15) is 0 Å². The van der Waals surface area contributed by atoms with Gasteiger partial charge in [-0.15, -0.1) is 35.4 Å². The monoisotopic (exact) mass is 932 g/mol. The van der Waals surface area contributed by atoms with E-state index in [1.165, 1.54) is 35.5 Å². The first-order valence-electron chi connectivity index (χ1n) is 21.5. The van der Waals surface area contributed by atoms with E-state index in [-0.39, 0.29) is 31.2 Å². The van der Waals surface area contributed by atoms with Crippen LogP contribution in [0.25, 0.3) is 94.5 Å². The van der Waals surface area contributed by atoms with Gasteiger partial charge in [0.15, 0.2) is 0 Å². The van der Waals surface area contributed by atoms with Gasteiger partial charge in [0, 0.05) is 62.8 Å². The predicted molar refractivity (Wildman–Crippen MR) is 231 cm³/mol. The largest absolute Gasteiger partial charge is 0.557 e. The Bertz CT molecular complexity index is 3350. The van der Waals surface area contributed by atoms with Crippen molar-refractivity contribution in [3.63, 3.8) is 0 Å². The number of fused-ring (bicyclic) bond motifs is 5. The molecule has 0 N–H and O–H groups in total. The first-order valence-corrected chi connectivity index (χ1v) is 18.5. The molecule has 0 aliphatic rings. The maximum atomic E-state index is 7.28. The second kappa shape index (κ2) is 15.6. The minimum Gasteiger partial charge on any atom is -0.557 e. The molecular weight excluding hydrogens is 891 g/mol. The summed E-state index contributed by atoms with van der Waals surface area (Å²) in [5.74, 6) is 0.792. The summed E-state index contributed by atoms with van der Waals surface area (Å²) < 4.78 is 57.9. The van der Waals surface area contributed by atoms with Crippen LogP contribution < -0.4 is 0 Å². The minimum absolute atomic E-state index is 0. The van der Waals surface area contributed by atoms with Crippen molar-refractivity contribution in [3.05, 3.63) is 200 Å². The zero-order chi connectivity index (χ0) is 43.3. The van der Waals surface area contributed by atoms with Crippen LogP contribution in [0, 0.1) is 26.0 Å². The van der Waals surface area contributed by atoms with Gasteiger partial charge in [-0.05, 0) is 82.8 Å². The molecule has 0 spiro atoms. The number of hydrogen-bond acceptors (Lipinski definition) is 4. The van der Waals surface area contributed by atoms with Crippen molar-refractivity contribution in [2.75, 3.05) is 0 Å². The fraction of sp³-hybridized carbons (Fsp3) is 0.0385. The number of hydrogen-bond donors (Lipinski definition) is 0. The maximum Gasteiger partial charge on any atom is 0.135 e. The summed E-state index contributed by atoms with van der Waals surface area (Å²) in [6.45, 7) is -4.34. The van der Waals surface area contributed by atoms with Gasteiger partial charge >= 0.3 is 0 Å². The third kappa shape index (κ3) is 6.94. The summed E-state index contributed by atoms with van der Waals surface area (Å²) in [6.07, 6.45) is 4.49. The molecule has 4 aromatic heterocycles. The molecule has 0 unspecified atom stereocenters. The molecule has 6 heteroatoms. The summed E-state index contributed by atoms with van der Waals surface area (Å²) in [5.41, 5.74) is 12.5. The standard InChI is InChI=1S/C39H23N2O2.C13H12N.Ir/c1-2-8-25(9-3-1)26-14-18-29(19-15-26)41-35-12-6-5-11-34(35)40-39(41)33-24-42-36-20-16-27(23-32(33)36)28-17-21-38-31(22-28)30-10-4-7-13-37(30)43-38;1-10-3-6-12(7-4-10)13-8-5-11(2)9-14-13;/h1-23H;3-6,8-9H,1-2H3;/q2*-1;/i;1D3,2D3;. The molecule has 7 aromatic carbocycles. The molecule has 0 aliphatic carbocycles. The summed E-state index contributed by atoms with van der Waals surface area (Å²) in [6, 6.07) is 58.5. The molecule has 0 amide bonds. The zero-order valence-corrected chi connectivity index (χ0v) is 33.1. The van der Waals surface area contributed by atoms with Crippen LogP contribution in [0.4, 0.5) is 0 Å². The normalized spacial score (nSPS) is 13.1. The summed E-state index contributed by atoms with van der Waals surface area (Å²) in [5, 5.41) is 3.18. The SMILES string of the molecule is [2H]C([2H])([2H])c1c[c-]c(-c2ccc(C([2H])([2H])[2H])cn2)cc1.[Ir].[c-]1oc2ccc(-c3ccc4oc5ccccc5c4c3)cc2c1-c1nc2ccccc2n1-c1ccc(-c2ccccc2)cc1. The van der Waals surface area contributed by atoms with E-state index in [0.717, 1.165) is 72.1 Å². The molecule has 0 saturated heterocycles. The van der Waals surface area contributed by atoms with Gasteiger partial charge in [0.1, 0.15) is 11.2 Å². The summed E-state index contributed by atoms with van der Waals surface area (Å²) in [4.78, 5) is 9.17. The minimum atomic E-state index is -2.18. The molecule has 11 aromatic rings. The van der Waals surface area contributed by atoms with Gasteiger partial charge in [-0.25, -0.2) is 0 Å². The third-order valence-corrected chi connectivity index (χ3v) is 10.1. The number of imidazole rings is 1. The number of para-hydroxylation sites is 3. The van der Waals surface area contributed by atoms with E-state index >= 15 is 0 Å². The molecule has 4 heterocycles. The number of furan rings is 2. The molecule has 0 aliphatic heterocycles. The molecule has 0 saturated carbocycles. The van der Waals surface area contributed by atoms with Crippen LogP contribution in [0.3, 0.4) is 0 Å². The summed E-state index contributed by atoms with van der Waals surface area (Å²) in [7, 11) is 0. The Morgan fingerprint density at radius 3 is 2.05 bits per heavy atom. The van der Waals surface area contributed by atoms with Crippen molar-refractivity contribution in [1.82, 2.24) is 14.5 Å². The van der Waals surface area contributed by atoms with Gasteiger partial charge in [0.25, 0.3) is 0 Å². The van der Waals surface area contributed by atoms with Crippen LogP contribution in [-0.2, 0) is 20.1 Å². The van der Waals surface area contributed by atoms with E-state index in [0.29, 0.717) is 11.3 Å². The molecule has 0 atom stereocenters. The van der Waals surface area contributed by atoms with Gasteiger partial charge in [0.2, 0.25) is 0 Å². The fourth-order valence-corrected chi connectivity index (χ4v) is 7.25. The Morgan fingerprint density at radius 2 is 1.28 bits per heavy atom. The van der Waals surface area contributed by atoms with Crippen LogP contribution in [-0.4, -0.2) is 14.5 Å². The Morgan fingerprint density at radius 1 is 0.586 bits per heavy atom. The Balaban J connectivity index is 0.000000209. The van der Waals surface area contributed by atoms with Crippen molar-refractivity contribution < 1.29 is 37.2 Å². The summed E-state index contributed by atoms with van der Waals surface area (Å²) >= 11 is 0. The van der Waals surface area contributed by atoms with Crippen molar-refractivity contribution in [1.29, 1.82) is 0 Å². The number of pyridine rings is 1. The molecular formula is C52H35IrN3O2-2. The molecule has 11 rings (SSSR count).